The zero-order valence-electron chi connectivity index (χ0n) is 11.5. The van der Waals surface area contributed by atoms with Gasteiger partial charge in [-0.05, 0) is 18.2 Å². The van der Waals surface area contributed by atoms with Crippen LogP contribution in [0.25, 0.3) is 0 Å². The second kappa shape index (κ2) is 6.17. The number of nitrogens with zero attached hydrogens (tertiary/aromatic N) is 1. The second-order valence-electron chi connectivity index (χ2n) is 4.98. The summed E-state index contributed by atoms with van der Waals surface area (Å²) < 4.78 is 0. The van der Waals surface area contributed by atoms with E-state index in [1.807, 2.05) is 11.8 Å². The lowest BCUT2D eigenvalue weighted by Crippen LogP contribution is -2.46. The predicted octanol–water partition coefficient (Wildman–Crippen LogP) is 2.74. The van der Waals surface area contributed by atoms with E-state index >= 15 is 0 Å². The largest absolute Gasteiger partial charge is 0.478 e. The van der Waals surface area contributed by atoms with E-state index < -0.39 is 5.97 Å². The third-order valence-electron chi connectivity index (χ3n) is 3.07. The maximum absolute atomic E-state index is 12.2. The van der Waals surface area contributed by atoms with Gasteiger partial charge in [0, 0.05) is 29.3 Å². The molecule has 2 rings (SSSR count). The molecule has 0 bridgehead atoms. The van der Waals surface area contributed by atoms with Gasteiger partial charge >= 0.3 is 12.0 Å². The highest BCUT2D eigenvalue weighted by molar-refractivity contribution is 8.00. The van der Waals surface area contributed by atoms with E-state index in [0.29, 0.717) is 29.3 Å². The zero-order valence-corrected chi connectivity index (χ0v) is 12.3. The van der Waals surface area contributed by atoms with Crippen molar-refractivity contribution in [3.8, 4) is 0 Å². The van der Waals surface area contributed by atoms with Crippen LogP contribution in [0.4, 0.5) is 10.5 Å². The van der Waals surface area contributed by atoms with Crippen LogP contribution in [0.3, 0.4) is 0 Å². The second-order valence-corrected chi connectivity index (χ2v) is 6.86. The Balaban J connectivity index is 2.04. The first-order valence-electron chi connectivity index (χ1n) is 6.50. The first-order valence-corrected chi connectivity index (χ1v) is 7.44. The molecule has 1 fully saturated rings. The van der Waals surface area contributed by atoms with Crippen molar-refractivity contribution in [2.45, 2.75) is 24.3 Å². The molecule has 0 radical (unpaired) electrons. The molecule has 1 aromatic carbocycles. The molecule has 1 aliphatic rings. The van der Waals surface area contributed by atoms with E-state index in [1.54, 1.807) is 17.0 Å². The number of carboxylic acid groups (broad SMARTS) is 1. The van der Waals surface area contributed by atoms with Crippen molar-refractivity contribution in [2.75, 3.05) is 18.4 Å². The normalized spacial score (nSPS) is 22.4. The van der Waals surface area contributed by atoms with Crippen LogP contribution >= 0.6 is 11.8 Å². The number of carbonyl (C=O) groups excluding carboxylic acids is 1. The lowest BCUT2D eigenvalue weighted by Gasteiger charge is -2.34. The van der Waals surface area contributed by atoms with Gasteiger partial charge in [0.15, 0.2) is 0 Å². The summed E-state index contributed by atoms with van der Waals surface area (Å²) in [5, 5.41) is 12.5. The number of benzene rings is 1. The number of nitrogens with one attached hydrogen (secondary N) is 1. The van der Waals surface area contributed by atoms with Gasteiger partial charge in [-0.3, -0.25) is 0 Å². The Kier molecular flexibility index (Phi) is 4.54. The molecule has 108 valence electrons. The van der Waals surface area contributed by atoms with Crippen molar-refractivity contribution >= 4 is 29.4 Å². The summed E-state index contributed by atoms with van der Waals surface area (Å²) in [6.45, 7) is 5.62. The molecule has 6 heteroatoms. The van der Waals surface area contributed by atoms with Gasteiger partial charge in [-0.2, -0.15) is 11.8 Å². The highest BCUT2D eigenvalue weighted by atomic mass is 32.2. The number of hydrogen-bond donors (Lipinski definition) is 2. The van der Waals surface area contributed by atoms with Crippen LogP contribution in [0.15, 0.2) is 24.3 Å². The number of carboxylic acids is 1. The molecule has 0 spiro atoms. The topological polar surface area (TPSA) is 69.6 Å². The van der Waals surface area contributed by atoms with Gasteiger partial charge in [-0.25, -0.2) is 9.59 Å². The summed E-state index contributed by atoms with van der Waals surface area (Å²) >= 11 is 1.88. The monoisotopic (exact) mass is 294 g/mol. The molecule has 1 heterocycles. The highest BCUT2D eigenvalue weighted by Gasteiger charge is 2.25. The first kappa shape index (κ1) is 14.7. The van der Waals surface area contributed by atoms with Crippen LogP contribution in [0.1, 0.15) is 24.2 Å². The van der Waals surface area contributed by atoms with Gasteiger partial charge in [0.05, 0.1) is 5.56 Å². The van der Waals surface area contributed by atoms with Crippen molar-refractivity contribution in [1.82, 2.24) is 4.90 Å². The number of thioether (sulfide) groups is 1. The molecule has 2 atom stereocenters. The Bertz CT molecular complexity index is 511. The van der Waals surface area contributed by atoms with E-state index in [9.17, 15) is 9.59 Å². The summed E-state index contributed by atoms with van der Waals surface area (Å²) in [7, 11) is 0. The van der Waals surface area contributed by atoms with Crippen molar-refractivity contribution in [3.05, 3.63) is 29.8 Å². The SMILES string of the molecule is CC1CN(C(=O)Nc2cccc(C(=O)O)c2)CC(C)S1. The molecule has 0 aliphatic carbocycles. The van der Waals surface area contributed by atoms with Crippen LogP contribution in [0, 0.1) is 0 Å². The molecule has 1 saturated heterocycles. The summed E-state index contributed by atoms with van der Waals surface area (Å²) in [6.07, 6.45) is 0. The highest BCUT2D eigenvalue weighted by Crippen LogP contribution is 2.25. The van der Waals surface area contributed by atoms with Gasteiger partial charge in [0.25, 0.3) is 0 Å². The fourth-order valence-corrected chi connectivity index (χ4v) is 3.60. The summed E-state index contributed by atoms with van der Waals surface area (Å²) in [5.74, 6) is -1.00. The Labute approximate surface area is 122 Å². The number of amides is 2. The molecule has 2 unspecified atom stereocenters. The number of carbonyl (C=O) groups is 2. The molecule has 1 aromatic rings. The van der Waals surface area contributed by atoms with Crippen LogP contribution in [0.2, 0.25) is 0 Å². The number of rotatable bonds is 2. The fourth-order valence-electron chi connectivity index (χ4n) is 2.28. The standard InChI is InChI=1S/C14H18N2O3S/c1-9-7-16(8-10(2)20-9)14(19)15-12-5-3-4-11(6-12)13(17)18/h3-6,9-10H,7-8H2,1-2H3,(H,15,19)(H,17,18). The molecular formula is C14H18N2O3S. The lowest BCUT2D eigenvalue weighted by molar-refractivity contribution is 0.0697. The number of urea groups is 1. The van der Waals surface area contributed by atoms with Crippen molar-refractivity contribution in [1.29, 1.82) is 0 Å². The third-order valence-corrected chi connectivity index (χ3v) is 4.29. The maximum Gasteiger partial charge on any atom is 0.335 e. The minimum Gasteiger partial charge on any atom is -0.478 e. The van der Waals surface area contributed by atoms with E-state index in [-0.39, 0.29) is 11.6 Å². The van der Waals surface area contributed by atoms with Gasteiger partial charge < -0.3 is 15.3 Å². The van der Waals surface area contributed by atoms with Crippen molar-refractivity contribution in [3.63, 3.8) is 0 Å². The molecule has 2 amide bonds. The maximum atomic E-state index is 12.2. The van der Waals surface area contributed by atoms with Crippen molar-refractivity contribution in [2.24, 2.45) is 0 Å². The predicted molar refractivity (Wildman–Crippen MR) is 80.5 cm³/mol. The minimum absolute atomic E-state index is 0.165. The molecule has 1 aliphatic heterocycles. The average Bonchev–Trinajstić information content (AvgIpc) is 2.37. The van der Waals surface area contributed by atoms with E-state index in [2.05, 4.69) is 19.2 Å². The van der Waals surface area contributed by atoms with Gasteiger partial charge in [-0.15, -0.1) is 0 Å². The molecule has 2 N–H and O–H groups in total. The van der Waals surface area contributed by atoms with Crippen LogP contribution in [0.5, 0.6) is 0 Å². The Morgan fingerprint density at radius 2 is 1.95 bits per heavy atom. The molecule has 0 saturated carbocycles. The van der Waals surface area contributed by atoms with E-state index in [1.165, 1.54) is 12.1 Å². The molecule has 5 nitrogen and oxygen atoms in total. The molecular weight excluding hydrogens is 276 g/mol. The Morgan fingerprint density at radius 1 is 1.30 bits per heavy atom. The molecule has 20 heavy (non-hydrogen) atoms. The lowest BCUT2D eigenvalue weighted by atomic mass is 10.2. The first-order chi connectivity index (χ1) is 9.45. The number of aromatic carboxylic acids is 1. The number of anilines is 1. The summed E-state index contributed by atoms with van der Waals surface area (Å²) in [6, 6.07) is 6.10. The van der Waals surface area contributed by atoms with Crippen LogP contribution in [-0.2, 0) is 0 Å². The number of hydrogen-bond acceptors (Lipinski definition) is 3. The zero-order chi connectivity index (χ0) is 14.7. The quantitative estimate of drug-likeness (QED) is 0.880. The molecule has 0 aromatic heterocycles. The third kappa shape index (κ3) is 3.66. The Hall–Kier alpha value is -1.69. The van der Waals surface area contributed by atoms with Gasteiger partial charge in [-0.1, -0.05) is 19.9 Å². The van der Waals surface area contributed by atoms with Crippen molar-refractivity contribution < 1.29 is 14.7 Å². The van der Waals surface area contributed by atoms with E-state index in [4.69, 9.17) is 5.11 Å². The van der Waals surface area contributed by atoms with Crippen LogP contribution in [-0.4, -0.2) is 45.6 Å². The van der Waals surface area contributed by atoms with Crippen LogP contribution < -0.4 is 5.32 Å². The van der Waals surface area contributed by atoms with E-state index in [0.717, 1.165) is 0 Å². The van der Waals surface area contributed by atoms with Gasteiger partial charge in [0.2, 0.25) is 0 Å². The van der Waals surface area contributed by atoms with Gasteiger partial charge in [0.1, 0.15) is 0 Å². The smallest absolute Gasteiger partial charge is 0.335 e. The summed E-state index contributed by atoms with van der Waals surface area (Å²) in [5.41, 5.74) is 0.673. The summed E-state index contributed by atoms with van der Waals surface area (Å²) in [4.78, 5) is 24.9. The fraction of sp³-hybridized carbons (Fsp3) is 0.429. The minimum atomic E-state index is -1.00. The Morgan fingerprint density at radius 3 is 2.55 bits per heavy atom. The average molecular weight is 294 g/mol.